The van der Waals surface area contributed by atoms with Crippen LogP contribution < -0.4 is 0 Å². The zero-order chi connectivity index (χ0) is 9.64. The van der Waals surface area contributed by atoms with Crippen LogP contribution in [0, 0.1) is 0 Å². The van der Waals surface area contributed by atoms with E-state index in [0.717, 1.165) is 4.31 Å². The molecule has 0 aromatic heterocycles. The summed E-state index contributed by atoms with van der Waals surface area (Å²) in [5.74, 6) is 0. The topological polar surface area (TPSA) is 57.6 Å². The summed E-state index contributed by atoms with van der Waals surface area (Å²) >= 11 is 0. The van der Waals surface area contributed by atoms with Crippen molar-refractivity contribution >= 4 is 10.0 Å². The van der Waals surface area contributed by atoms with Crippen LogP contribution in [0.2, 0.25) is 0 Å². The second-order valence-electron chi connectivity index (χ2n) is 2.93. The standard InChI is InChI=1S/C8H9NO3S/c1-9-8(10)6-4-2-3-5-7(6)13(9,11)12/h2-5,8,10H,1H3. The molecule has 4 nitrogen and oxygen atoms in total. The van der Waals surface area contributed by atoms with Gasteiger partial charge >= 0.3 is 0 Å². The Balaban J connectivity index is 2.76. The minimum absolute atomic E-state index is 0.199. The summed E-state index contributed by atoms with van der Waals surface area (Å²) in [7, 11) is -2.09. The minimum atomic E-state index is -3.45. The van der Waals surface area contributed by atoms with Gasteiger partial charge in [-0.25, -0.2) is 8.42 Å². The maximum absolute atomic E-state index is 11.6. The largest absolute Gasteiger partial charge is 0.373 e. The quantitative estimate of drug-likeness (QED) is 0.654. The Hall–Kier alpha value is -0.910. The highest BCUT2D eigenvalue weighted by atomic mass is 32.2. The zero-order valence-electron chi connectivity index (χ0n) is 7.01. The molecule has 0 fully saturated rings. The van der Waals surface area contributed by atoms with Gasteiger partial charge in [-0.1, -0.05) is 18.2 Å². The summed E-state index contributed by atoms with van der Waals surface area (Å²) in [5, 5.41) is 9.53. The lowest BCUT2D eigenvalue weighted by atomic mass is 10.2. The van der Waals surface area contributed by atoms with Gasteiger partial charge in [0.15, 0.2) is 0 Å². The Morgan fingerprint density at radius 2 is 2.00 bits per heavy atom. The average molecular weight is 199 g/mol. The van der Waals surface area contributed by atoms with Crippen molar-refractivity contribution in [3.63, 3.8) is 0 Å². The fraction of sp³-hybridized carbons (Fsp3) is 0.250. The van der Waals surface area contributed by atoms with E-state index in [2.05, 4.69) is 0 Å². The van der Waals surface area contributed by atoms with Crippen LogP contribution >= 0.6 is 0 Å². The van der Waals surface area contributed by atoms with E-state index in [-0.39, 0.29) is 4.90 Å². The van der Waals surface area contributed by atoms with Crippen molar-refractivity contribution in [1.29, 1.82) is 0 Å². The first kappa shape index (κ1) is 8.68. The highest BCUT2D eigenvalue weighted by molar-refractivity contribution is 7.89. The molecule has 0 saturated carbocycles. The third-order valence-electron chi connectivity index (χ3n) is 2.20. The highest BCUT2D eigenvalue weighted by Gasteiger charge is 2.38. The van der Waals surface area contributed by atoms with Crippen LogP contribution in [0.1, 0.15) is 11.8 Å². The van der Waals surface area contributed by atoms with Gasteiger partial charge in [0.2, 0.25) is 10.0 Å². The van der Waals surface area contributed by atoms with Gasteiger partial charge in [-0.05, 0) is 6.07 Å². The molecule has 0 spiro atoms. The summed E-state index contributed by atoms with van der Waals surface area (Å²) in [6, 6.07) is 6.46. The summed E-state index contributed by atoms with van der Waals surface area (Å²) in [6.45, 7) is 0. The van der Waals surface area contributed by atoms with Gasteiger partial charge in [-0.3, -0.25) is 0 Å². The van der Waals surface area contributed by atoms with E-state index < -0.39 is 16.3 Å². The molecular formula is C8H9NO3S. The SMILES string of the molecule is CN1C(O)c2ccccc2S1(=O)=O. The lowest BCUT2D eigenvalue weighted by Gasteiger charge is -2.11. The summed E-state index contributed by atoms with van der Waals surface area (Å²) < 4.78 is 24.1. The molecule has 1 heterocycles. The Morgan fingerprint density at radius 3 is 2.62 bits per heavy atom. The molecule has 0 saturated heterocycles. The van der Waals surface area contributed by atoms with E-state index in [1.54, 1.807) is 18.2 Å². The van der Waals surface area contributed by atoms with Crippen molar-refractivity contribution in [1.82, 2.24) is 4.31 Å². The lowest BCUT2D eigenvalue weighted by Crippen LogP contribution is -2.23. The Labute approximate surface area is 76.5 Å². The Morgan fingerprint density at radius 1 is 1.38 bits per heavy atom. The zero-order valence-corrected chi connectivity index (χ0v) is 7.82. The molecule has 0 radical (unpaired) electrons. The molecule has 13 heavy (non-hydrogen) atoms. The number of hydrogen-bond acceptors (Lipinski definition) is 3. The minimum Gasteiger partial charge on any atom is -0.373 e. The molecule has 5 heteroatoms. The summed E-state index contributed by atoms with van der Waals surface area (Å²) in [6.07, 6.45) is -1.04. The van der Waals surface area contributed by atoms with Gasteiger partial charge < -0.3 is 5.11 Å². The van der Waals surface area contributed by atoms with Crippen LogP contribution in [-0.4, -0.2) is 24.9 Å². The predicted octanol–water partition coefficient (Wildman–Crippen LogP) is 0.312. The molecule has 0 bridgehead atoms. The van der Waals surface area contributed by atoms with Gasteiger partial charge in [0.05, 0.1) is 4.90 Å². The van der Waals surface area contributed by atoms with Crippen LogP contribution in [-0.2, 0) is 10.0 Å². The van der Waals surface area contributed by atoms with Gasteiger partial charge in [-0.2, -0.15) is 4.31 Å². The molecule has 1 N–H and O–H groups in total. The average Bonchev–Trinajstić information content (AvgIpc) is 2.30. The van der Waals surface area contributed by atoms with Crippen LogP contribution in [0.3, 0.4) is 0 Å². The molecule has 1 aliphatic heterocycles. The van der Waals surface area contributed by atoms with Crippen molar-refractivity contribution in [2.45, 2.75) is 11.1 Å². The maximum atomic E-state index is 11.6. The van der Waals surface area contributed by atoms with Gasteiger partial charge in [-0.15, -0.1) is 0 Å². The van der Waals surface area contributed by atoms with Gasteiger partial charge in [0, 0.05) is 12.6 Å². The summed E-state index contributed by atoms with van der Waals surface area (Å²) in [4.78, 5) is 0.199. The molecule has 1 aromatic carbocycles. The second kappa shape index (κ2) is 2.54. The molecule has 1 atom stereocenters. The van der Waals surface area contributed by atoms with Crippen LogP contribution in [0.4, 0.5) is 0 Å². The van der Waals surface area contributed by atoms with Gasteiger partial charge in [0.25, 0.3) is 0 Å². The molecule has 70 valence electrons. The number of nitrogens with zero attached hydrogens (tertiary/aromatic N) is 1. The maximum Gasteiger partial charge on any atom is 0.245 e. The molecule has 0 aliphatic carbocycles. The molecular weight excluding hydrogens is 190 g/mol. The molecule has 0 amide bonds. The van der Waals surface area contributed by atoms with E-state index in [9.17, 15) is 13.5 Å². The van der Waals surface area contributed by atoms with Crippen molar-refractivity contribution in [2.24, 2.45) is 0 Å². The number of fused-ring (bicyclic) bond motifs is 1. The molecule has 2 rings (SSSR count). The number of aliphatic hydroxyl groups excluding tert-OH is 1. The van der Waals surface area contributed by atoms with Crippen LogP contribution in [0.25, 0.3) is 0 Å². The number of sulfonamides is 1. The van der Waals surface area contributed by atoms with Crippen molar-refractivity contribution in [3.05, 3.63) is 29.8 Å². The number of aliphatic hydroxyl groups is 1. The van der Waals surface area contributed by atoms with E-state index in [1.165, 1.54) is 13.1 Å². The molecule has 1 aliphatic rings. The monoisotopic (exact) mass is 199 g/mol. The third-order valence-corrected chi connectivity index (χ3v) is 4.08. The fourth-order valence-electron chi connectivity index (χ4n) is 1.41. The lowest BCUT2D eigenvalue weighted by molar-refractivity contribution is 0.0851. The predicted molar refractivity (Wildman–Crippen MR) is 46.4 cm³/mol. The Bertz CT molecular complexity index is 440. The van der Waals surface area contributed by atoms with Crippen molar-refractivity contribution < 1.29 is 13.5 Å². The molecule has 1 unspecified atom stereocenters. The van der Waals surface area contributed by atoms with Crippen molar-refractivity contribution in [3.8, 4) is 0 Å². The first-order valence-corrected chi connectivity index (χ1v) is 5.24. The second-order valence-corrected chi connectivity index (χ2v) is 4.90. The number of rotatable bonds is 0. The number of hydrogen-bond donors (Lipinski definition) is 1. The first-order valence-electron chi connectivity index (χ1n) is 3.80. The van der Waals surface area contributed by atoms with Crippen molar-refractivity contribution in [2.75, 3.05) is 7.05 Å². The van der Waals surface area contributed by atoms with Gasteiger partial charge in [0.1, 0.15) is 6.23 Å². The van der Waals surface area contributed by atoms with E-state index in [0.29, 0.717) is 5.56 Å². The Kier molecular flexibility index (Phi) is 1.69. The number of benzene rings is 1. The first-order chi connectivity index (χ1) is 6.05. The highest BCUT2D eigenvalue weighted by Crippen LogP contribution is 2.35. The molecule has 1 aromatic rings. The van der Waals surface area contributed by atoms with Crippen LogP contribution in [0.5, 0.6) is 0 Å². The van der Waals surface area contributed by atoms with E-state index in [1.807, 2.05) is 0 Å². The third kappa shape index (κ3) is 1.01. The smallest absolute Gasteiger partial charge is 0.245 e. The normalized spacial score (nSPS) is 25.8. The summed E-state index contributed by atoms with van der Waals surface area (Å²) in [5.41, 5.74) is 0.449. The van der Waals surface area contributed by atoms with E-state index in [4.69, 9.17) is 0 Å². The van der Waals surface area contributed by atoms with E-state index >= 15 is 0 Å². The van der Waals surface area contributed by atoms with Crippen LogP contribution in [0.15, 0.2) is 29.2 Å². The fourth-order valence-corrected chi connectivity index (χ4v) is 2.82.